The summed E-state index contributed by atoms with van der Waals surface area (Å²) in [6.07, 6.45) is 3.64. The third kappa shape index (κ3) is 2.86. The van der Waals surface area contributed by atoms with Crippen molar-refractivity contribution in [2.75, 3.05) is 6.54 Å². The highest BCUT2D eigenvalue weighted by molar-refractivity contribution is 5.51. The van der Waals surface area contributed by atoms with Gasteiger partial charge >= 0.3 is 0 Å². The summed E-state index contributed by atoms with van der Waals surface area (Å²) in [5.74, 6) is 0. The number of nitrogens with two attached hydrogens (primary N) is 1. The molecule has 0 spiro atoms. The fourth-order valence-electron chi connectivity index (χ4n) is 1.81. The molecule has 2 rings (SSSR count). The lowest BCUT2D eigenvalue weighted by molar-refractivity contribution is 0.0998. The first kappa shape index (κ1) is 12.6. The lowest BCUT2D eigenvalue weighted by Gasteiger charge is -2.23. The smallest absolute Gasteiger partial charge is 0.120 e. The summed E-state index contributed by atoms with van der Waals surface area (Å²) in [6.45, 7) is 0.153. The van der Waals surface area contributed by atoms with Crippen molar-refractivity contribution in [1.29, 1.82) is 0 Å². The molecule has 2 aromatic rings. The third-order valence-corrected chi connectivity index (χ3v) is 2.94. The van der Waals surface area contributed by atoms with Crippen LogP contribution in [0.1, 0.15) is 11.1 Å². The van der Waals surface area contributed by atoms with Crippen molar-refractivity contribution < 1.29 is 5.11 Å². The maximum absolute atomic E-state index is 10.5. The van der Waals surface area contributed by atoms with Gasteiger partial charge in [-0.2, -0.15) is 0 Å². The van der Waals surface area contributed by atoms with Crippen LogP contribution in [0.25, 0.3) is 6.08 Å². The van der Waals surface area contributed by atoms with E-state index in [0.717, 1.165) is 11.1 Å². The van der Waals surface area contributed by atoms with Gasteiger partial charge < -0.3 is 10.8 Å². The zero-order valence-electron chi connectivity index (χ0n) is 10.2. The molecule has 0 aliphatic carbocycles. The van der Waals surface area contributed by atoms with Gasteiger partial charge in [0.2, 0.25) is 0 Å². The minimum absolute atomic E-state index is 0.153. The monoisotopic (exact) mass is 239 g/mol. The van der Waals surface area contributed by atoms with Gasteiger partial charge in [0.25, 0.3) is 0 Å². The summed E-state index contributed by atoms with van der Waals surface area (Å²) in [4.78, 5) is 0. The molecule has 0 aliphatic heterocycles. The summed E-state index contributed by atoms with van der Waals surface area (Å²) < 4.78 is 0. The Hall–Kier alpha value is -1.90. The molecule has 0 saturated heterocycles. The summed E-state index contributed by atoms with van der Waals surface area (Å²) in [7, 11) is 0. The Balaban J connectivity index is 2.27. The minimum Gasteiger partial charge on any atom is -0.380 e. The number of benzene rings is 2. The third-order valence-electron chi connectivity index (χ3n) is 2.94. The van der Waals surface area contributed by atoms with Gasteiger partial charge in [0.1, 0.15) is 5.60 Å². The fourth-order valence-corrected chi connectivity index (χ4v) is 1.81. The molecule has 18 heavy (non-hydrogen) atoms. The van der Waals surface area contributed by atoms with E-state index in [4.69, 9.17) is 5.73 Å². The van der Waals surface area contributed by atoms with Crippen LogP contribution in [0.2, 0.25) is 0 Å². The zero-order valence-corrected chi connectivity index (χ0v) is 10.2. The van der Waals surface area contributed by atoms with Crippen LogP contribution in [0.15, 0.2) is 66.7 Å². The molecular formula is C16H17NO. The topological polar surface area (TPSA) is 46.2 Å². The Morgan fingerprint density at radius 1 is 0.944 bits per heavy atom. The Labute approximate surface area is 107 Å². The van der Waals surface area contributed by atoms with E-state index in [9.17, 15) is 5.11 Å². The molecule has 3 N–H and O–H groups in total. The predicted octanol–water partition coefficient (Wildman–Crippen LogP) is 2.55. The molecule has 2 aromatic carbocycles. The van der Waals surface area contributed by atoms with Crippen molar-refractivity contribution in [3.05, 3.63) is 77.9 Å². The maximum atomic E-state index is 10.5. The van der Waals surface area contributed by atoms with Crippen molar-refractivity contribution in [2.45, 2.75) is 5.60 Å². The second-order valence-corrected chi connectivity index (χ2v) is 4.24. The van der Waals surface area contributed by atoms with Crippen LogP contribution in [0.4, 0.5) is 0 Å². The summed E-state index contributed by atoms with van der Waals surface area (Å²) >= 11 is 0. The van der Waals surface area contributed by atoms with E-state index in [-0.39, 0.29) is 6.54 Å². The summed E-state index contributed by atoms with van der Waals surface area (Å²) in [5, 5.41) is 10.5. The van der Waals surface area contributed by atoms with Gasteiger partial charge in [0, 0.05) is 6.54 Å². The van der Waals surface area contributed by atoms with Gasteiger partial charge in [0.15, 0.2) is 0 Å². The van der Waals surface area contributed by atoms with E-state index in [1.165, 1.54) is 0 Å². The molecule has 92 valence electrons. The summed E-state index contributed by atoms with van der Waals surface area (Å²) in [6, 6.07) is 19.3. The van der Waals surface area contributed by atoms with Gasteiger partial charge in [-0.05, 0) is 17.2 Å². The normalized spacial score (nSPS) is 14.6. The predicted molar refractivity (Wildman–Crippen MR) is 74.9 cm³/mol. The van der Waals surface area contributed by atoms with E-state index < -0.39 is 5.60 Å². The van der Waals surface area contributed by atoms with Crippen molar-refractivity contribution >= 4 is 6.08 Å². The van der Waals surface area contributed by atoms with Crippen LogP contribution in [-0.2, 0) is 5.60 Å². The second kappa shape index (κ2) is 5.63. The molecule has 1 unspecified atom stereocenters. The summed E-state index contributed by atoms with van der Waals surface area (Å²) in [5.41, 5.74) is 6.44. The molecule has 0 fully saturated rings. The van der Waals surface area contributed by atoms with Gasteiger partial charge in [-0.25, -0.2) is 0 Å². The van der Waals surface area contributed by atoms with Crippen molar-refractivity contribution in [2.24, 2.45) is 5.73 Å². The Bertz CT molecular complexity index is 507. The number of hydrogen-bond acceptors (Lipinski definition) is 2. The molecule has 0 bridgehead atoms. The second-order valence-electron chi connectivity index (χ2n) is 4.24. The van der Waals surface area contributed by atoms with Crippen molar-refractivity contribution in [1.82, 2.24) is 0 Å². The molecule has 1 atom stereocenters. The largest absolute Gasteiger partial charge is 0.380 e. The average molecular weight is 239 g/mol. The van der Waals surface area contributed by atoms with E-state index in [2.05, 4.69) is 0 Å². The lowest BCUT2D eigenvalue weighted by atomic mass is 9.93. The molecule has 0 aromatic heterocycles. The number of hydrogen-bond donors (Lipinski definition) is 2. The number of aliphatic hydroxyl groups is 1. The fraction of sp³-hybridized carbons (Fsp3) is 0.125. The van der Waals surface area contributed by atoms with Crippen molar-refractivity contribution in [3.63, 3.8) is 0 Å². The van der Waals surface area contributed by atoms with E-state index >= 15 is 0 Å². The van der Waals surface area contributed by atoms with Crippen LogP contribution < -0.4 is 5.73 Å². The first-order valence-electron chi connectivity index (χ1n) is 5.97. The van der Waals surface area contributed by atoms with Gasteiger partial charge in [-0.3, -0.25) is 0 Å². The molecule has 0 amide bonds. The average Bonchev–Trinajstić information content (AvgIpc) is 2.47. The molecule has 2 nitrogen and oxygen atoms in total. The van der Waals surface area contributed by atoms with Crippen LogP contribution in [0, 0.1) is 0 Å². The zero-order chi connectivity index (χ0) is 12.8. The molecule has 2 heteroatoms. The van der Waals surface area contributed by atoms with Crippen molar-refractivity contribution in [3.8, 4) is 0 Å². The van der Waals surface area contributed by atoms with Gasteiger partial charge in [-0.15, -0.1) is 0 Å². The Morgan fingerprint density at radius 2 is 1.50 bits per heavy atom. The van der Waals surface area contributed by atoms with Gasteiger partial charge in [0.05, 0.1) is 0 Å². The van der Waals surface area contributed by atoms with E-state index in [1.54, 1.807) is 6.08 Å². The Morgan fingerprint density at radius 3 is 2.06 bits per heavy atom. The van der Waals surface area contributed by atoms with E-state index in [1.807, 2.05) is 66.7 Å². The molecule has 0 radical (unpaired) electrons. The molecule has 0 saturated carbocycles. The lowest BCUT2D eigenvalue weighted by Crippen LogP contribution is -2.32. The maximum Gasteiger partial charge on any atom is 0.120 e. The van der Waals surface area contributed by atoms with Crippen LogP contribution >= 0.6 is 0 Å². The van der Waals surface area contributed by atoms with Crippen LogP contribution in [-0.4, -0.2) is 11.7 Å². The minimum atomic E-state index is -1.11. The molecular weight excluding hydrogens is 222 g/mol. The van der Waals surface area contributed by atoms with Crippen LogP contribution in [0.3, 0.4) is 0 Å². The highest BCUT2D eigenvalue weighted by Crippen LogP contribution is 2.22. The highest BCUT2D eigenvalue weighted by atomic mass is 16.3. The van der Waals surface area contributed by atoms with Crippen LogP contribution in [0.5, 0.6) is 0 Å². The molecule has 0 heterocycles. The van der Waals surface area contributed by atoms with E-state index in [0.29, 0.717) is 0 Å². The SMILES string of the molecule is NCC(O)(C=Cc1ccccc1)c1ccccc1. The highest BCUT2D eigenvalue weighted by Gasteiger charge is 2.23. The quantitative estimate of drug-likeness (QED) is 0.861. The van der Waals surface area contributed by atoms with Gasteiger partial charge in [-0.1, -0.05) is 66.7 Å². The first-order chi connectivity index (χ1) is 8.74. The Kier molecular flexibility index (Phi) is 3.92. The molecule has 0 aliphatic rings. The first-order valence-corrected chi connectivity index (χ1v) is 5.97. The number of rotatable bonds is 4. The standard InChI is InChI=1S/C16H17NO/c17-13-16(18,15-9-5-2-6-10-15)12-11-14-7-3-1-4-8-14/h1-12,18H,13,17H2.